The highest BCUT2D eigenvalue weighted by Crippen LogP contribution is 2.33. The van der Waals surface area contributed by atoms with Crippen molar-refractivity contribution < 1.29 is 0 Å². The molecule has 1 heterocycles. The first kappa shape index (κ1) is 11.5. The van der Waals surface area contributed by atoms with Crippen LogP contribution < -0.4 is 11.1 Å². The van der Waals surface area contributed by atoms with E-state index < -0.39 is 0 Å². The van der Waals surface area contributed by atoms with Crippen molar-refractivity contribution in [3.05, 3.63) is 58.7 Å². The fourth-order valence-electron chi connectivity index (χ4n) is 2.45. The zero-order chi connectivity index (χ0) is 12.5. The van der Waals surface area contributed by atoms with E-state index in [1.165, 1.54) is 11.1 Å². The van der Waals surface area contributed by atoms with Crippen molar-refractivity contribution in [3.63, 3.8) is 0 Å². The van der Waals surface area contributed by atoms with Crippen LogP contribution in [0.25, 0.3) is 0 Å². The Labute approximate surface area is 111 Å². The van der Waals surface area contributed by atoms with Gasteiger partial charge in [0.1, 0.15) is 5.82 Å². The van der Waals surface area contributed by atoms with Crippen LogP contribution in [0.3, 0.4) is 0 Å². The standard InChI is InChI=1S/C14H14ClN3/c15-11-6-3-7-17-14(11)18-13-10-5-2-1-4-9(10)8-12(13)16/h1-7,12-13H,8,16H2,(H,17,18). The first-order valence-electron chi connectivity index (χ1n) is 5.96. The van der Waals surface area contributed by atoms with Gasteiger partial charge in [0.25, 0.3) is 0 Å². The van der Waals surface area contributed by atoms with Crippen molar-refractivity contribution in [3.8, 4) is 0 Å². The molecule has 0 aliphatic heterocycles. The van der Waals surface area contributed by atoms with Gasteiger partial charge in [-0.1, -0.05) is 35.9 Å². The van der Waals surface area contributed by atoms with Crippen molar-refractivity contribution in [2.75, 3.05) is 5.32 Å². The number of aromatic nitrogens is 1. The first-order valence-corrected chi connectivity index (χ1v) is 6.34. The average molecular weight is 260 g/mol. The van der Waals surface area contributed by atoms with Crippen LogP contribution in [-0.4, -0.2) is 11.0 Å². The lowest BCUT2D eigenvalue weighted by Gasteiger charge is -2.19. The van der Waals surface area contributed by atoms with E-state index in [9.17, 15) is 0 Å². The van der Waals surface area contributed by atoms with Gasteiger partial charge in [-0.3, -0.25) is 0 Å². The Balaban J connectivity index is 1.92. The number of fused-ring (bicyclic) bond motifs is 1. The predicted molar refractivity (Wildman–Crippen MR) is 73.7 cm³/mol. The highest BCUT2D eigenvalue weighted by molar-refractivity contribution is 6.32. The van der Waals surface area contributed by atoms with E-state index in [4.69, 9.17) is 17.3 Å². The van der Waals surface area contributed by atoms with Crippen LogP contribution in [0.15, 0.2) is 42.6 Å². The van der Waals surface area contributed by atoms with Crippen LogP contribution in [0.1, 0.15) is 17.2 Å². The van der Waals surface area contributed by atoms with E-state index >= 15 is 0 Å². The van der Waals surface area contributed by atoms with Crippen LogP contribution in [0.4, 0.5) is 5.82 Å². The minimum Gasteiger partial charge on any atom is -0.360 e. The second kappa shape index (κ2) is 4.59. The Kier molecular flexibility index (Phi) is 2.94. The van der Waals surface area contributed by atoms with Gasteiger partial charge in [-0.15, -0.1) is 0 Å². The predicted octanol–water partition coefficient (Wildman–Crippen LogP) is 2.77. The smallest absolute Gasteiger partial charge is 0.145 e. The van der Waals surface area contributed by atoms with Gasteiger partial charge in [0, 0.05) is 12.2 Å². The lowest BCUT2D eigenvalue weighted by molar-refractivity contribution is 0.624. The van der Waals surface area contributed by atoms with Crippen LogP contribution in [-0.2, 0) is 6.42 Å². The molecule has 0 spiro atoms. The Morgan fingerprint density at radius 3 is 2.89 bits per heavy atom. The number of nitrogens with two attached hydrogens (primary N) is 1. The monoisotopic (exact) mass is 259 g/mol. The third-order valence-electron chi connectivity index (χ3n) is 3.32. The van der Waals surface area contributed by atoms with Crippen molar-refractivity contribution >= 4 is 17.4 Å². The zero-order valence-electron chi connectivity index (χ0n) is 9.81. The molecular weight excluding hydrogens is 246 g/mol. The summed E-state index contributed by atoms with van der Waals surface area (Å²) in [7, 11) is 0. The fourth-order valence-corrected chi connectivity index (χ4v) is 2.63. The summed E-state index contributed by atoms with van der Waals surface area (Å²) in [5, 5.41) is 3.97. The van der Waals surface area contributed by atoms with Gasteiger partial charge in [-0.25, -0.2) is 4.98 Å². The van der Waals surface area contributed by atoms with Gasteiger partial charge in [0.05, 0.1) is 11.1 Å². The number of benzene rings is 1. The Morgan fingerprint density at radius 1 is 1.22 bits per heavy atom. The molecule has 2 unspecified atom stereocenters. The molecule has 4 heteroatoms. The molecular formula is C14H14ClN3. The molecule has 0 radical (unpaired) electrons. The van der Waals surface area contributed by atoms with Crippen molar-refractivity contribution in [2.24, 2.45) is 5.73 Å². The molecule has 3 nitrogen and oxygen atoms in total. The number of nitrogens with zero attached hydrogens (tertiary/aromatic N) is 1. The summed E-state index contributed by atoms with van der Waals surface area (Å²) in [5.74, 6) is 0.691. The average Bonchev–Trinajstić information content (AvgIpc) is 2.69. The van der Waals surface area contributed by atoms with Crippen LogP contribution in [0.2, 0.25) is 5.02 Å². The SMILES string of the molecule is NC1Cc2ccccc2C1Nc1ncccc1Cl. The second-order valence-corrected chi connectivity index (χ2v) is 4.93. The van der Waals surface area contributed by atoms with Gasteiger partial charge in [0.15, 0.2) is 0 Å². The number of anilines is 1. The van der Waals surface area contributed by atoms with Gasteiger partial charge in [-0.2, -0.15) is 0 Å². The first-order chi connectivity index (χ1) is 8.75. The molecule has 0 fully saturated rings. The van der Waals surface area contributed by atoms with Gasteiger partial charge in [-0.05, 0) is 29.7 Å². The number of hydrogen-bond acceptors (Lipinski definition) is 3. The van der Waals surface area contributed by atoms with Crippen molar-refractivity contribution in [1.82, 2.24) is 4.98 Å². The normalized spacial score (nSPS) is 21.7. The number of halogens is 1. The lowest BCUT2D eigenvalue weighted by Crippen LogP contribution is -2.30. The molecule has 2 aromatic rings. The summed E-state index contributed by atoms with van der Waals surface area (Å²) < 4.78 is 0. The van der Waals surface area contributed by atoms with Crippen molar-refractivity contribution in [2.45, 2.75) is 18.5 Å². The molecule has 3 N–H and O–H groups in total. The molecule has 92 valence electrons. The maximum absolute atomic E-state index is 6.19. The quantitative estimate of drug-likeness (QED) is 0.872. The molecule has 1 aliphatic carbocycles. The summed E-state index contributed by atoms with van der Waals surface area (Å²) in [5.41, 5.74) is 8.74. The van der Waals surface area contributed by atoms with E-state index in [0.29, 0.717) is 10.8 Å². The topological polar surface area (TPSA) is 50.9 Å². The van der Waals surface area contributed by atoms with Crippen molar-refractivity contribution in [1.29, 1.82) is 0 Å². The van der Waals surface area contributed by atoms with E-state index in [2.05, 4.69) is 22.4 Å². The molecule has 0 amide bonds. The van der Waals surface area contributed by atoms with E-state index in [-0.39, 0.29) is 12.1 Å². The molecule has 0 saturated carbocycles. The molecule has 18 heavy (non-hydrogen) atoms. The van der Waals surface area contributed by atoms with Gasteiger partial charge < -0.3 is 11.1 Å². The highest BCUT2D eigenvalue weighted by atomic mass is 35.5. The lowest BCUT2D eigenvalue weighted by atomic mass is 10.1. The van der Waals surface area contributed by atoms with E-state index in [1.807, 2.05) is 24.3 Å². The largest absolute Gasteiger partial charge is 0.360 e. The molecule has 1 aliphatic rings. The second-order valence-electron chi connectivity index (χ2n) is 4.52. The number of pyridine rings is 1. The Morgan fingerprint density at radius 2 is 2.06 bits per heavy atom. The maximum atomic E-state index is 6.19. The molecule has 1 aromatic carbocycles. The Bertz CT molecular complexity index is 570. The number of rotatable bonds is 2. The zero-order valence-corrected chi connectivity index (χ0v) is 10.6. The third kappa shape index (κ3) is 1.96. The molecule has 0 bridgehead atoms. The van der Waals surface area contributed by atoms with Crippen LogP contribution in [0, 0.1) is 0 Å². The minimum atomic E-state index is 0.0560. The summed E-state index contributed by atoms with van der Waals surface area (Å²) in [6.07, 6.45) is 2.61. The summed E-state index contributed by atoms with van der Waals surface area (Å²) in [6.45, 7) is 0. The van der Waals surface area contributed by atoms with Crippen LogP contribution >= 0.6 is 11.6 Å². The Hall–Kier alpha value is -1.58. The summed E-state index contributed by atoms with van der Waals surface area (Å²) >= 11 is 6.11. The molecule has 0 saturated heterocycles. The molecule has 3 rings (SSSR count). The van der Waals surface area contributed by atoms with Crippen LogP contribution in [0.5, 0.6) is 0 Å². The maximum Gasteiger partial charge on any atom is 0.145 e. The van der Waals surface area contributed by atoms with Gasteiger partial charge in [0.2, 0.25) is 0 Å². The van der Waals surface area contributed by atoms with E-state index in [0.717, 1.165) is 6.42 Å². The third-order valence-corrected chi connectivity index (χ3v) is 3.63. The highest BCUT2D eigenvalue weighted by Gasteiger charge is 2.29. The molecule has 1 aromatic heterocycles. The number of nitrogens with one attached hydrogen (secondary N) is 1. The fraction of sp³-hybridized carbons (Fsp3) is 0.214. The summed E-state index contributed by atoms with van der Waals surface area (Å²) in [6, 6.07) is 12.1. The minimum absolute atomic E-state index is 0.0560. The molecule has 2 atom stereocenters. The summed E-state index contributed by atoms with van der Waals surface area (Å²) in [4.78, 5) is 4.25. The van der Waals surface area contributed by atoms with Gasteiger partial charge >= 0.3 is 0 Å². The van der Waals surface area contributed by atoms with E-state index in [1.54, 1.807) is 6.20 Å². The number of hydrogen-bond donors (Lipinski definition) is 2.